The van der Waals surface area contributed by atoms with E-state index in [1.165, 1.54) is 5.56 Å². The summed E-state index contributed by atoms with van der Waals surface area (Å²) in [5.74, 6) is 1.91. The normalized spacial score (nSPS) is 11.7. The van der Waals surface area contributed by atoms with Crippen LogP contribution in [0.3, 0.4) is 0 Å². The average molecular weight is 371 g/mol. The van der Waals surface area contributed by atoms with E-state index in [1.54, 1.807) is 26.2 Å². The quantitative estimate of drug-likeness (QED) is 0.642. The molecule has 0 fully saturated rings. The van der Waals surface area contributed by atoms with Crippen LogP contribution in [-0.2, 0) is 11.2 Å². The third kappa shape index (κ3) is 6.85. The predicted molar refractivity (Wildman–Crippen MR) is 107 cm³/mol. The minimum absolute atomic E-state index is 0.141. The molecule has 0 heterocycles. The Kier molecular flexibility index (Phi) is 7.99. The molecule has 2 aromatic carbocycles. The van der Waals surface area contributed by atoms with Gasteiger partial charge in [-0.1, -0.05) is 24.3 Å². The first-order valence-corrected chi connectivity index (χ1v) is 9.32. The maximum absolute atomic E-state index is 12.2. The molecule has 0 saturated carbocycles. The molecule has 0 radical (unpaired) electrons. The second kappa shape index (κ2) is 10.5. The topological polar surface area (TPSA) is 56.8 Å². The number of benzene rings is 2. The van der Waals surface area contributed by atoms with Gasteiger partial charge in [-0.05, 0) is 63.4 Å². The number of methoxy groups -OCH3 is 1. The summed E-state index contributed by atoms with van der Waals surface area (Å²) < 4.78 is 16.7. The van der Waals surface area contributed by atoms with Crippen molar-refractivity contribution in [1.82, 2.24) is 5.32 Å². The molecule has 0 spiro atoms. The van der Waals surface area contributed by atoms with Crippen molar-refractivity contribution in [1.29, 1.82) is 0 Å². The van der Waals surface area contributed by atoms with E-state index in [2.05, 4.69) is 17.4 Å². The fraction of sp³-hybridized carbons (Fsp3) is 0.409. The Morgan fingerprint density at radius 3 is 2.44 bits per heavy atom. The maximum atomic E-state index is 12.2. The van der Waals surface area contributed by atoms with E-state index < -0.39 is 6.10 Å². The molecule has 0 aliphatic carbocycles. The molecule has 146 valence electrons. The predicted octanol–water partition coefficient (Wildman–Crippen LogP) is 4.00. The Morgan fingerprint density at radius 2 is 1.74 bits per heavy atom. The van der Waals surface area contributed by atoms with Crippen molar-refractivity contribution in [2.45, 2.75) is 45.8 Å². The highest BCUT2D eigenvalue weighted by molar-refractivity contribution is 5.80. The highest BCUT2D eigenvalue weighted by Gasteiger charge is 2.16. The SMILES string of the molecule is COc1ccccc1O[C@@H](C)C(=O)NCCCc1cccc(OC(C)C)c1. The number of carbonyl (C=O) groups is 1. The monoisotopic (exact) mass is 371 g/mol. The lowest BCUT2D eigenvalue weighted by Crippen LogP contribution is -2.37. The minimum atomic E-state index is -0.593. The lowest BCUT2D eigenvalue weighted by atomic mass is 10.1. The van der Waals surface area contributed by atoms with Crippen LogP contribution in [0.5, 0.6) is 17.2 Å². The zero-order chi connectivity index (χ0) is 19.6. The van der Waals surface area contributed by atoms with Gasteiger partial charge in [-0.15, -0.1) is 0 Å². The van der Waals surface area contributed by atoms with Gasteiger partial charge in [0.05, 0.1) is 13.2 Å². The Hall–Kier alpha value is -2.69. The average Bonchev–Trinajstić information content (AvgIpc) is 2.65. The van der Waals surface area contributed by atoms with Crippen LogP contribution in [0.1, 0.15) is 32.8 Å². The maximum Gasteiger partial charge on any atom is 0.260 e. The van der Waals surface area contributed by atoms with E-state index in [4.69, 9.17) is 14.2 Å². The Labute approximate surface area is 161 Å². The number of para-hydroxylation sites is 2. The first-order valence-electron chi connectivity index (χ1n) is 9.32. The van der Waals surface area contributed by atoms with Crippen LogP contribution in [-0.4, -0.2) is 31.8 Å². The number of hydrogen-bond donors (Lipinski definition) is 1. The molecule has 1 N–H and O–H groups in total. The number of aryl methyl sites for hydroxylation is 1. The van der Waals surface area contributed by atoms with Crippen LogP contribution in [0.25, 0.3) is 0 Å². The van der Waals surface area contributed by atoms with Crippen LogP contribution in [0.4, 0.5) is 0 Å². The molecule has 2 rings (SSSR count). The first kappa shape index (κ1) is 20.6. The molecular weight excluding hydrogens is 342 g/mol. The minimum Gasteiger partial charge on any atom is -0.493 e. The van der Waals surface area contributed by atoms with Crippen molar-refractivity contribution < 1.29 is 19.0 Å². The molecule has 2 aromatic rings. The highest BCUT2D eigenvalue weighted by Crippen LogP contribution is 2.26. The van der Waals surface area contributed by atoms with Gasteiger partial charge in [0.15, 0.2) is 17.6 Å². The second-order valence-electron chi connectivity index (χ2n) is 6.62. The molecular formula is C22H29NO4. The summed E-state index contributed by atoms with van der Waals surface area (Å²) in [6, 6.07) is 15.4. The molecule has 5 nitrogen and oxygen atoms in total. The Morgan fingerprint density at radius 1 is 1.00 bits per heavy atom. The molecule has 0 aliphatic rings. The van der Waals surface area contributed by atoms with E-state index in [0.717, 1.165) is 18.6 Å². The van der Waals surface area contributed by atoms with Gasteiger partial charge in [0.1, 0.15) is 5.75 Å². The number of rotatable bonds is 10. The van der Waals surface area contributed by atoms with Crippen LogP contribution in [0, 0.1) is 0 Å². The van der Waals surface area contributed by atoms with Crippen molar-refractivity contribution in [3.05, 3.63) is 54.1 Å². The van der Waals surface area contributed by atoms with Gasteiger partial charge >= 0.3 is 0 Å². The van der Waals surface area contributed by atoms with E-state index in [9.17, 15) is 4.79 Å². The largest absolute Gasteiger partial charge is 0.493 e. The van der Waals surface area contributed by atoms with Gasteiger partial charge < -0.3 is 19.5 Å². The third-order valence-electron chi connectivity index (χ3n) is 3.95. The molecule has 27 heavy (non-hydrogen) atoms. The number of hydrogen-bond acceptors (Lipinski definition) is 4. The summed E-state index contributed by atoms with van der Waals surface area (Å²) >= 11 is 0. The molecule has 5 heteroatoms. The first-order chi connectivity index (χ1) is 13.0. The van der Waals surface area contributed by atoms with Crippen molar-refractivity contribution in [2.75, 3.05) is 13.7 Å². The van der Waals surface area contributed by atoms with Crippen LogP contribution in [0.15, 0.2) is 48.5 Å². The Balaban J connectivity index is 1.75. The van der Waals surface area contributed by atoms with E-state index >= 15 is 0 Å². The summed E-state index contributed by atoms with van der Waals surface area (Å²) in [6.45, 7) is 6.34. The van der Waals surface area contributed by atoms with E-state index in [1.807, 2.05) is 38.1 Å². The summed E-state index contributed by atoms with van der Waals surface area (Å²) in [5, 5.41) is 2.92. The van der Waals surface area contributed by atoms with Crippen LogP contribution < -0.4 is 19.5 Å². The fourth-order valence-corrected chi connectivity index (χ4v) is 2.65. The van der Waals surface area contributed by atoms with Gasteiger partial charge in [0.2, 0.25) is 0 Å². The molecule has 0 saturated heterocycles. The summed E-state index contributed by atoms with van der Waals surface area (Å²) in [6.07, 6.45) is 1.28. The second-order valence-corrected chi connectivity index (χ2v) is 6.62. The number of amides is 1. The fourth-order valence-electron chi connectivity index (χ4n) is 2.65. The van der Waals surface area contributed by atoms with Crippen molar-refractivity contribution in [2.24, 2.45) is 0 Å². The summed E-state index contributed by atoms with van der Waals surface area (Å²) in [5.41, 5.74) is 1.20. The number of carbonyl (C=O) groups excluding carboxylic acids is 1. The van der Waals surface area contributed by atoms with Crippen molar-refractivity contribution in [3.63, 3.8) is 0 Å². The lowest BCUT2D eigenvalue weighted by molar-refractivity contribution is -0.127. The Bertz CT molecular complexity index is 730. The summed E-state index contributed by atoms with van der Waals surface area (Å²) in [7, 11) is 1.58. The van der Waals surface area contributed by atoms with E-state index in [-0.39, 0.29) is 12.0 Å². The summed E-state index contributed by atoms with van der Waals surface area (Å²) in [4.78, 5) is 12.2. The van der Waals surface area contributed by atoms with Gasteiger partial charge in [0.25, 0.3) is 5.91 Å². The standard InChI is InChI=1S/C22H29NO4/c1-16(2)26-19-11-7-9-18(15-19)10-8-14-23-22(24)17(3)27-21-13-6-5-12-20(21)25-4/h5-7,9,11-13,15-17H,8,10,14H2,1-4H3,(H,23,24)/t17-/m0/s1. The van der Waals surface area contributed by atoms with Crippen molar-refractivity contribution >= 4 is 5.91 Å². The number of nitrogens with one attached hydrogen (secondary N) is 1. The molecule has 0 aromatic heterocycles. The smallest absolute Gasteiger partial charge is 0.260 e. The van der Waals surface area contributed by atoms with Crippen LogP contribution >= 0.6 is 0 Å². The molecule has 1 amide bonds. The molecule has 1 atom stereocenters. The zero-order valence-electron chi connectivity index (χ0n) is 16.5. The molecule has 0 unspecified atom stereocenters. The molecule has 0 bridgehead atoms. The number of ether oxygens (including phenoxy) is 3. The molecule has 0 aliphatic heterocycles. The van der Waals surface area contributed by atoms with E-state index in [0.29, 0.717) is 18.0 Å². The van der Waals surface area contributed by atoms with Gasteiger partial charge in [0, 0.05) is 6.54 Å². The highest BCUT2D eigenvalue weighted by atomic mass is 16.5. The van der Waals surface area contributed by atoms with Gasteiger partial charge in [-0.2, -0.15) is 0 Å². The lowest BCUT2D eigenvalue weighted by Gasteiger charge is -2.16. The van der Waals surface area contributed by atoms with Crippen molar-refractivity contribution in [3.8, 4) is 17.2 Å². The van der Waals surface area contributed by atoms with Gasteiger partial charge in [-0.3, -0.25) is 4.79 Å². The third-order valence-corrected chi connectivity index (χ3v) is 3.95. The zero-order valence-corrected chi connectivity index (χ0v) is 16.5. The van der Waals surface area contributed by atoms with Gasteiger partial charge in [-0.25, -0.2) is 0 Å². The van der Waals surface area contributed by atoms with Crippen LogP contribution in [0.2, 0.25) is 0 Å².